The molecule has 2 N–H and O–H groups in total. The number of hydrogen-bond acceptors (Lipinski definition) is 2. The Balaban J connectivity index is 3.33. The van der Waals surface area contributed by atoms with E-state index in [0.717, 1.165) is 12.0 Å². The van der Waals surface area contributed by atoms with Gasteiger partial charge in [0.25, 0.3) is 0 Å². The van der Waals surface area contributed by atoms with Gasteiger partial charge in [-0.25, -0.2) is 4.79 Å². The quantitative estimate of drug-likeness (QED) is 0.731. The fraction of sp³-hybridized carbons (Fsp3) is 0.300. The van der Waals surface area contributed by atoms with Crippen LogP contribution in [0.15, 0.2) is 12.1 Å². The summed E-state index contributed by atoms with van der Waals surface area (Å²) < 4.78 is 0. The molecule has 0 spiro atoms. The van der Waals surface area contributed by atoms with Gasteiger partial charge in [0.2, 0.25) is 0 Å². The third kappa shape index (κ3) is 1.80. The standard InChI is InChI=1S/C10H12O3/c1-3-7-4-6(2)9(11)8(5-7)10(12)13/h4-5,11H,3H2,1-2H3,(H,12,13). The zero-order valence-electron chi connectivity index (χ0n) is 7.66. The van der Waals surface area contributed by atoms with Crippen molar-refractivity contribution >= 4 is 5.97 Å². The summed E-state index contributed by atoms with van der Waals surface area (Å²) in [4.78, 5) is 10.7. The second kappa shape index (κ2) is 3.47. The smallest absolute Gasteiger partial charge is 0.339 e. The van der Waals surface area contributed by atoms with Gasteiger partial charge in [0.05, 0.1) is 0 Å². The lowest BCUT2D eigenvalue weighted by Crippen LogP contribution is -1.99. The number of carboxylic acid groups (broad SMARTS) is 1. The summed E-state index contributed by atoms with van der Waals surface area (Å²) >= 11 is 0. The maximum Gasteiger partial charge on any atom is 0.339 e. The second-order valence-corrected chi connectivity index (χ2v) is 2.97. The van der Waals surface area contributed by atoms with Gasteiger partial charge in [-0.2, -0.15) is 0 Å². The molecule has 0 unspecified atom stereocenters. The van der Waals surface area contributed by atoms with E-state index < -0.39 is 5.97 Å². The summed E-state index contributed by atoms with van der Waals surface area (Å²) in [7, 11) is 0. The molecule has 1 aromatic rings. The van der Waals surface area contributed by atoms with E-state index in [2.05, 4.69) is 0 Å². The molecule has 0 aromatic heterocycles. The van der Waals surface area contributed by atoms with Gasteiger partial charge < -0.3 is 10.2 Å². The number of phenols is 1. The first-order chi connectivity index (χ1) is 6.06. The molecule has 0 saturated heterocycles. The molecule has 0 fully saturated rings. The minimum Gasteiger partial charge on any atom is -0.507 e. The first-order valence-corrected chi connectivity index (χ1v) is 4.12. The average molecular weight is 180 g/mol. The Kier molecular flexibility index (Phi) is 2.56. The summed E-state index contributed by atoms with van der Waals surface area (Å²) in [5, 5.41) is 18.2. The van der Waals surface area contributed by atoms with Crippen LogP contribution in [0.4, 0.5) is 0 Å². The van der Waals surface area contributed by atoms with Gasteiger partial charge >= 0.3 is 5.97 Å². The van der Waals surface area contributed by atoms with E-state index in [1.54, 1.807) is 13.0 Å². The van der Waals surface area contributed by atoms with Crippen LogP contribution >= 0.6 is 0 Å². The SMILES string of the molecule is CCc1cc(C)c(O)c(C(=O)O)c1. The molecule has 3 nitrogen and oxygen atoms in total. The van der Waals surface area contributed by atoms with Crippen LogP contribution in [0.25, 0.3) is 0 Å². The summed E-state index contributed by atoms with van der Waals surface area (Å²) in [6.07, 6.45) is 0.765. The molecule has 0 bridgehead atoms. The van der Waals surface area contributed by atoms with E-state index in [-0.39, 0.29) is 11.3 Å². The van der Waals surface area contributed by atoms with Gasteiger partial charge in [-0.15, -0.1) is 0 Å². The third-order valence-electron chi connectivity index (χ3n) is 2.00. The summed E-state index contributed by atoms with van der Waals surface area (Å²) in [5.74, 6) is -1.22. The lowest BCUT2D eigenvalue weighted by Gasteiger charge is -2.05. The number of aromatic hydroxyl groups is 1. The van der Waals surface area contributed by atoms with E-state index in [1.165, 1.54) is 6.07 Å². The third-order valence-corrected chi connectivity index (χ3v) is 2.00. The molecule has 0 atom stereocenters. The van der Waals surface area contributed by atoms with Crippen LogP contribution in [0.1, 0.15) is 28.4 Å². The zero-order valence-corrected chi connectivity index (χ0v) is 7.66. The van der Waals surface area contributed by atoms with Crippen molar-refractivity contribution in [3.05, 3.63) is 28.8 Å². The first-order valence-electron chi connectivity index (χ1n) is 4.12. The van der Waals surface area contributed by atoms with E-state index in [4.69, 9.17) is 5.11 Å². The number of aryl methyl sites for hydroxylation is 2. The first kappa shape index (κ1) is 9.58. The maximum atomic E-state index is 10.7. The van der Waals surface area contributed by atoms with Crippen LogP contribution in [0.5, 0.6) is 5.75 Å². The minimum atomic E-state index is -1.09. The molecule has 13 heavy (non-hydrogen) atoms. The Morgan fingerprint density at radius 3 is 2.54 bits per heavy atom. The Morgan fingerprint density at radius 1 is 1.46 bits per heavy atom. The Hall–Kier alpha value is -1.51. The molecule has 1 rings (SSSR count). The summed E-state index contributed by atoms with van der Waals surface area (Å²) in [6, 6.07) is 3.30. The average Bonchev–Trinajstić information content (AvgIpc) is 2.09. The van der Waals surface area contributed by atoms with Crippen LogP contribution in [0.2, 0.25) is 0 Å². The summed E-state index contributed by atoms with van der Waals surface area (Å²) in [6.45, 7) is 3.64. The molecule has 0 radical (unpaired) electrons. The second-order valence-electron chi connectivity index (χ2n) is 2.97. The topological polar surface area (TPSA) is 57.5 Å². The van der Waals surface area contributed by atoms with E-state index in [9.17, 15) is 9.90 Å². The van der Waals surface area contributed by atoms with Gasteiger partial charge in [0.1, 0.15) is 11.3 Å². The Bertz CT molecular complexity index is 342. The van der Waals surface area contributed by atoms with E-state index >= 15 is 0 Å². The lowest BCUT2D eigenvalue weighted by atomic mass is 10.0. The number of benzene rings is 1. The van der Waals surface area contributed by atoms with E-state index in [0.29, 0.717) is 5.56 Å². The summed E-state index contributed by atoms with van der Waals surface area (Å²) in [5.41, 5.74) is 1.52. The van der Waals surface area contributed by atoms with Crippen molar-refractivity contribution in [1.82, 2.24) is 0 Å². The zero-order chi connectivity index (χ0) is 10.0. The predicted molar refractivity (Wildman–Crippen MR) is 49.2 cm³/mol. The van der Waals surface area contributed by atoms with Crippen molar-refractivity contribution in [2.75, 3.05) is 0 Å². The number of hydrogen-bond donors (Lipinski definition) is 2. The van der Waals surface area contributed by atoms with Gasteiger partial charge in [-0.3, -0.25) is 0 Å². The molecule has 0 aliphatic heterocycles. The maximum absolute atomic E-state index is 10.7. The van der Waals surface area contributed by atoms with Crippen LogP contribution in [-0.4, -0.2) is 16.2 Å². The normalized spacial score (nSPS) is 10.0. The van der Waals surface area contributed by atoms with Crippen molar-refractivity contribution < 1.29 is 15.0 Å². The van der Waals surface area contributed by atoms with Crippen molar-refractivity contribution in [3.8, 4) is 5.75 Å². The highest BCUT2D eigenvalue weighted by molar-refractivity contribution is 5.91. The molecule has 3 heteroatoms. The van der Waals surface area contributed by atoms with Crippen molar-refractivity contribution in [3.63, 3.8) is 0 Å². The molecule has 1 aromatic carbocycles. The Morgan fingerprint density at radius 2 is 2.08 bits per heavy atom. The van der Waals surface area contributed by atoms with Crippen LogP contribution in [-0.2, 0) is 6.42 Å². The molecule has 0 aliphatic carbocycles. The van der Waals surface area contributed by atoms with Crippen LogP contribution in [0.3, 0.4) is 0 Å². The largest absolute Gasteiger partial charge is 0.507 e. The molecule has 0 amide bonds. The van der Waals surface area contributed by atoms with Crippen LogP contribution < -0.4 is 0 Å². The van der Waals surface area contributed by atoms with Gasteiger partial charge in [-0.1, -0.05) is 13.0 Å². The lowest BCUT2D eigenvalue weighted by molar-refractivity contribution is 0.0693. The number of carbonyl (C=O) groups is 1. The number of aromatic carboxylic acids is 1. The molecule has 0 heterocycles. The fourth-order valence-corrected chi connectivity index (χ4v) is 1.22. The van der Waals surface area contributed by atoms with Crippen molar-refractivity contribution in [2.24, 2.45) is 0 Å². The molecular formula is C10H12O3. The molecule has 70 valence electrons. The van der Waals surface area contributed by atoms with Crippen molar-refractivity contribution in [1.29, 1.82) is 0 Å². The van der Waals surface area contributed by atoms with E-state index in [1.807, 2.05) is 6.92 Å². The van der Waals surface area contributed by atoms with Gasteiger partial charge in [-0.05, 0) is 30.5 Å². The number of rotatable bonds is 2. The van der Waals surface area contributed by atoms with Gasteiger partial charge in [0.15, 0.2) is 0 Å². The Labute approximate surface area is 76.6 Å². The monoisotopic (exact) mass is 180 g/mol. The fourth-order valence-electron chi connectivity index (χ4n) is 1.22. The van der Waals surface area contributed by atoms with Crippen molar-refractivity contribution in [2.45, 2.75) is 20.3 Å². The number of carboxylic acids is 1. The van der Waals surface area contributed by atoms with Gasteiger partial charge in [0, 0.05) is 0 Å². The molecule has 0 saturated carbocycles. The van der Waals surface area contributed by atoms with Crippen LogP contribution in [0, 0.1) is 6.92 Å². The highest BCUT2D eigenvalue weighted by Gasteiger charge is 2.12. The highest BCUT2D eigenvalue weighted by Crippen LogP contribution is 2.23. The minimum absolute atomic E-state index is 0.0168. The predicted octanol–water partition coefficient (Wildman–Crippen LogP) is 1.96. The highest BCUT2D eigenvalue weighted by atomic mass is 16.4. The molecular weight excluding hydrogens is 168 g/mol. The molecule has 0 aliphatic rings.